The zero-order chi connectivity index (χ0) is 17.8. The van der Waals surface area contributed by atoms with E-state index in [9.17, 15) is 4.79 Å². The van der Waals surface area contributed by atoms with Crippen LogP contribution in [0.1, 0.15) is 30.7 Å². The second-order valence-corrected chi connectivity index (χ2v) is 6.31. The molecule has 3 rings (SSSR count). The zero-order valence-electron chi connectivity index (χ0n) is 14.8. The van der Waals surface area contributed by atoms with Crippen molar-refractivity contribution in [1.82, 2.24) is 10.6 Å². The maximum atomic E-state index is 12.2. The van der Waals surface area contributed by atoms with Crippen molar-refractivity contribution >= 4 is 5.91 Å². The van der Waals surface area contributed by atoms with E-state index in [2.05, 4.69) is 10.6 Å². The van der Waals surface area contributed by atoms with Gasteiger partial charge in [-0.25, -0.2) is 0 Å². The third-order valence-electron chi connectivity index (χ3n) is 4.29. The molecule has 2 aromatic rings. The van der Waals surface area contributed by atoms with Crippen LogP contribution in [0, 0.1) is 0 Å². The fourth-order valence-corrected chi connectivity index (χ4v) is 2.92. The third-order valence-corrected chi connectivity index (χ3v) is 4.29. The average Bonchev–Trinajstić information content (AvgIpc) is 3.25. The van der Waals surface area contributed by atoms with E-state index < -0.39 is 0 Å². The summed E-state index contributed by atoms with van der Waals surface area (Å²) in [5, 5.41) is 6.10. The molecule has 1 aliphatic heterocycles. The van der Waals surface area contributed by atoms with Crippen LogP contribution in [0.5, 0.6) is 11.5 Å². The Bertz CT molecular complexity index is 727. The summed E-state index contributed by atoms with van der Waals surface area (Å²) in [4.78, 5) is 12.2. The van der Waals surface area contributed by atoms with Crippen LogP contribution in [0.15, 0.2) is 34.9 Å². The SMILES string of the molecule is COc1cc(CNC(C)C(=O)NCc2ccco2)c2c(c1)CC(C)O2. The van der Waals surface area contributed by atoms with E-state index in [1.165, 1.54) is 0 Å². The first-order valence-electron chi connectivity index (χ1n) is 8.46. The molecule has 2 unspecified atom stereocenters. The van der Waals surface area contributed by atoms with Gasteiger partial charge in [-0.15, -0.1) is 0 Å². The number of ether oxygens (including phenoxy) is 2. The highest BCUT2D eigenvalue weighted by Gasteiger charge is 2.24. The predicted octanol–water partition coefficient (Wildman–Crippen LogP) is 2.41. The van der Waals surface area contributed by atoms with Crippen molar-refractivity contribution < 1.29 is 18.7 Å². The van der Waals surface area contributed by atoms with Gasteiger partial charge in [0, 0.05) is 24.1 Å². The number of rotatable bonds is 7. The topological polar surface area (TPSA) is 72.7 Å². The Balaban J connectivity index is 1.59. The van der Waals surface area contributed by atoms with Gasteiger partial charge in [-0.3, -0.25) is 4.79 Å². The molecule has 0 bridgehead atoms. The number of amides is 1. The summed E-state index contributed by atoms with van der Waals surface area (Å²) in [5.74, 6) is 2.37. The average molecular weight is 344 g/mol. The van der Waals surface area contributed by atoms with Crippen molar-refractivity contribution in [3.63, 3.8) is 0 Å². The number of fused-ring (bicyclic) bond motifs is 1. The van der Waals surface area contributed by atoms with Gasteiger partial charge in [0.25, 0.3) is 0 Å². The second kappa shape index (κ2) is 7.61. The smallest absolute Gasteiger partial charge is 0.237 e. The minimum absolute atomic E-state index is 0.0785. The molecule has 2 atom stereocenters. The fraction of sp³-hybridized carbons (Fsp3) is 0.421. The molecule has 1 amide bonds. The molecule has 0 saturated heterocycles. The largest absolute Gasteiger partial charge is 0.497 e. The van der Waals surface area contributed by atoms with E-state index in [-0.39, 0.29) is 18.1 Å². The molecule has 25 heavy (non-hydrogen) atoms. The molecule has 2 heterocycles. The summed E-state index contributed by atoms with van der Waals surface area (Å²) < 4.78 is 16.5. The van der Waals surface area contributed by atoms with Crippen LogP contribution in [-0.2, 0) is 24.3 Å². The van der Waals surface area contributed by atoms with Crippen LogP contribution >= 0.6 is 0 Å². The molecule has 0 aliphatic carbocycles. The van der Waals surface area contributed by atoms with Gasteiger partial charge in [-0.05, 0) is 38.1 Å². The normalized spacial score (nSPS) is 16.8. The van der Waals surface area contributed by atoms with Crippen LogP contribution in [0.4, 0.5) is 0 Å². The molecule has 0 radical (unpaired) electrons. The lowest BCUT2D eigenvalue weighted by molar-refractivity contribution is -0.123. The van der Waals surface area contributed by atoms with E-state index in [0.717, 1.165) is 34.8 Å². The van der Waals surface area contributed by atoms with Crippen molar-refractivity contribution in [3.05, 3.63) is 47.4 Å². The summed E-state index contributed by atoms with van der Waals surface area (Å²) in [6, 6.07) is 7.26. The van der Waals surface area contributed by atoms with Crippen molar-refractivity contribution in [2.45, 2.75) is 45.5 Å². The van der Waals surface area contributed by atoms with Crippen LogP contribution in [0.3, 0.4) is 0 Å². The highest BCUT2D eigenvalue weighted by atomic mass is 16.5. The summed E-state index contributed by atoms with van der Waals surface area (Å²) >= 11 is 0. The molecule has 134 valence electrons. The molecule has 0 saturated carbocycles. The van der Waals surface area contributed by atoms with Gasteiger partial charge in [-0.1, -0.05) is 0 Å². The predicted molar refractivity (Wildman–Crippen MR) is 93.6 cm³/mol. The first-order chi connectivity index (χ1) is 12.1. The minimum atomic E-state index is -0.337. The molecule has 1 aromatic carbocycles. The quantitative estimate of drug-likeness (QED) is 0.807. The van der Waals surface area contributed by atoms with Crippen molar-refractivity contribution in [2.75, 3.05) is 7.11 Å². The van der Waals surface area contributed by atoms with E-state index in [0.29, 0.717) is 13.1 Å². The van der Waals surface area contributed by atoms with Crippen LogP contribution in [0.2, 0.25) is 0 Å². The number of carbonyl (C=O) groups excluding carboxylic acids is 1. The van der Waals surface area contributed by atoms with Gasteiger partial charge >= 0.3 is 0 Å². The van der Waals surface area contributed by atoms with E-state index >= 15 is 0 Å². The summed E-state index contributed by atoms with van der Waals surface area (Å²) in [6.07, 6.45) is 2.63. The van der Waals surface area contributed by atoms with Crippen LogP contribution < -0.4 is 20.1 Å². The lowest BCUT2D eigenvalue weighted by atomic mass is 10.1. The van der Waals surface area contributed by atoms with Crippen LogP contribution in [-0.4, -0.2) is 25.2 Å². The van der Waals surface area contributed by atoms with Gasteiger partial charge < -0.3 is 24.5 Å². The third kappa shape index (κ3) is 4.14. The van der Waals surface area contributed by atoms with Gasteiger partial charge in [0.2, 0.25) is 5.91 Å². The molecule has 6 heteroatoms. The maximum Gasteiger partial charge on any atom is 0.237 e. The molecule has 6 nitrogen and oxygen atoms in total. The first kappa shape index (κ1) is 17.4. The van der Waals surface area contributed by atoms with Crippen LogP contribution in [0.25, 0.3) is 0 Å². The Morgan fingerprint density at radius 2 is 2.24 bits per heavy atom. The molecule has 0 spiro atoms. The molecule has 1 aromatic heterocycles. The summed E-state index contributed by atoms with van der Waals surface area (Å²) in [7, 11) is 1.66. The monoisotopic (exact) mass is 344 g/mol. The number of furan rings is 1. The molecular weight excluding hydrogens is 320 g/mol. The number of methoxy groups -OCH3 is 1. The first-order valence-corrected chi connectivity index (χ1v) is 8.46. The highest BCUT2D eigenvalue weighted by Crippen LogP contribution is 2.36. The van der Waals surface area contributed by atoms with Crippen molar-refractivity contribution in [1.29, 1.82) is 0 Å². The Labute approximate surface area is 147 Å². The Morgan fingerprint density at radius 3 is 2.96 bits per heavy atom. The van der Waals surface area contributed by atoms with E-state index in [1.807, 2.05) is 32.0 Å². The number of hydrogen-bond acceptors (Lipinski definition) is 5. The van der Waals surface area contributed by atoms with Crippen molar-refractivity contribution in [2.24, 2.45) is 0 Å². The number of carbonyl (C=O) groups is 1. The lowest BCUT2D eigenvalue weighted by Crippen LogP contribution is -2.41. The van der Waals surface area contributed by atoms with E-state index in [4.69, 9.17) is 13.9 Å². The number of benzene rings is 1. The Hall–Kier alpha value is -2.47. The molecule has 0 fully saturated rings. The highest BCUT2D eigenvalue weighted by molar-refractivity contribution is 5.81. The summed E-state index contributed by atoms with van der Waals surface area (Å²) in [6.45, 7) is 4.80. The summed E-state index contributed by atoms with van der Waals surface area (Å²) in [5.41, 5.74) is 2.16. The van der Waals surface area contributed by atoms with Gasteiger partial charge in [-0.2, -0.15) is 0 Å². The fourth-order valence-electron chi connectivity index (χ4n) is 2.92. The standard InChI is InChI=1S/C19H24N2O4/c1-12-7-14-8-17(23-3)9-15(18(14)25-12)10-20-13(2)19(22)21-11-16-5-4-6-24-16/h4-6,8-9,12-13,20H,7,10-11H2,1-3H3,(H,21,22). The molecule has 2 N–H and O–H groups in total. The van der Waals surface area contributed by atoms with Gasteiger partial charge in [0.1, 0.15) is 23.4 Å². The second-order valence-electron chi connectivity index (χ2n) is 6.31. The Kier molecular flexibility index (Phi) is 5.28. The lowest BCUT2D eigenvalue weighted by Gasteiger charge is -2.16. The minimum Gasteiger partial charge on any atom is -0.497 e. The maximum absolute atomic E-state index is 12.2. The number of nitrogens with one attached hydrogen (secondary N) is 2. The zero-order valence-corrected chi connectivity index (χ0v) is 14.8. The molecular formula is C19H24N2O4. The number of hydrogen-bond donors (Lipinski definition) is 2. The van der Waals surface area contributed by atoms with Crippen molar-refractivity contribution in [3.8, 4) is 11.5 Å². The van der Waals surface area contributed by atoms with E-state index in [1.54, 1.807) is 19.4 Å². The van der Waals surface area contributed by atoms with Gasteiger partial charge in [0.15, 0.2) is 0 Å². The Morgan fingerprint density at radius 1 is 1.40 bits per heavy atom. The van der Waals surface area contributed by atoms with Gasteiger partial charge in [0.05, 0.1) is 26.0 Å². The molecule has 1 aliphatic rings.